The number of hydrogen-bond acceptors (Lipinski definition) is 2. The molecule has 3 rings (SSSR count). The Balaban J connectivity index is 1.70. The van der Waals surface area contributed by atoms with Crippen LogP contribution >= 0.6 is 15.9 Å². The first-order valence-corrected chi connectivity index (χ1v) is 7.05. The summed E-state index contributed by atoms with van der Waals surface area (Å²) in [5.74, 6) is 0.579. The largest absolute Gasteiger partial charge is 0.382 e. The fraction of sp³-hybridized carbons (Fsp3) is 0.214. The number of nitrogen functional groups attached to an aromatic ring is 1. The van der Waals surface area contributed by atoms with Gasteiger partial charge in [-0.2, -0.15) is 5.10 Å². The maximum absolute atomic E-state index is 5.59. The molecule has 0 spiro atoms. The van der Waals surface area contributed by atoms with Crippen molar-refractivity contribution in [1.82, 2.24) is 14.3 Å². The molecule has 5 heteroatoms. The van der Waals surface area contributed by atoms with Crippen LogP contribution in [0, 0.1) is 0 Å². The van der Waals surface area contributed by atoms with Crippen LogP contribution in [-0.2, 0) is 13.1 Å². The highest BCUT2D eigenvalue weighted by atomic mass is 79.9. The molecule has 2 aromatic heterocycles. The van der Waals surface area contributed by atoms with E-state index in [2.05, 4.69) is 56.1 Å². The van der Waals surface area contributed by atoms with Crippen LogP contribution in [0.15, 0.2) is 47.2 Å². The van der Waals surface area contributed by atoms with E-state index in [1.165, 1.54) is 10.9 Å². The molecule has 4 nitrogen and oxygen atoms in total. The minimum Gasteiger partial charge on any atom is -0.382 e. The lowest BCUT2D eigenvalue weighted by atomic mass is 10.2. The number of hydrogen-bond donors (Lipinski definition) is 1. The van der Waals surface area contributed by atoms with Crippen molar-refractivity contribution in [3.63, 3.8) is 0 Å². The summed E-state index contributed by atoms with van der Waals surface area (Å²) in [5.41, 5.74) is 6.85. The Morgan fingerprint density at radius 3 is 2.79 bits per heavy atom. The highest BCUT2D eigenvalue weighted by Gasteiger charge is 2.03. The van der Waals surface area contributed by atoms with Gasteiger partial charge in [-0.15, -0.1) is 0 Å². The van der Waals surface area contributed by atoms with E-state index >= 15 is 0 Å². The number of nitrogens with two attached hydrogens (primary N) is 1. The minimum absolute atomic E-state index is 0.579. The van der Waals surface area contributed by atoms with Gasteiger partial charge < -0.3 is 10.3 Å². The molecule has 0 aliphatic carbocycles. The molecule has 0 saturated carbocycles. The van der Waals surface area contributed by atoms with Crippen molar-refractivity contribution in [2.75, 3.05) is 5.73 Å². The second-order valence-corrected chi connectivity index (χ2v) is 5.39. The Morgan fingerprint density at radius 1 is 1.11 bits per heavy atom. The van der Waals surface area contributed by atoms with Gasteiger partial charge in [0.05, 0.1) is 0 Å². The molecule has 0 radical (unpaired) electrons. The van der Waals surface area contributed by atoms with E-state index in [4.69, 9.17) is 5.73 Å². The van der Waals surface area contributed by atoms with Gasteiger partial charge in [-0.3, -0.25) is 4.68 Å². The average Bonchev–Trinajstić information content (AvgIpc) is 2.98. The zero-order chi connectivity index (χ0) is 13.2. The SMILES string of the molecule is Nc1ccn(CCCn2ccc3c(Br)cccc32)n1. The molecule has 98 valence electrons. The third-order valence-electron chi connectivity index (χ3n) is 3.21. The molecular formula is C14H15BrN4. The lowest BCUT2D eigenvalue weighted by molar-refractivity contribution is 0.535. The summed E-state index contributed by atoms with van der Waals surface area (Å²) in [7, 11) is 0. The standard InChI is InChI=1S/C14H15BrN4/c15-12-3-1-4-13-11(12)5-9-18(13)7-2-8-19-10-6-14(16)17-19/h1,3-6,9-10H,2,7-8H2,(H2,16,17). The van der Waals surface area contributed by atoms with E-state index in [1.807, 2.05) is 16.9 Å². The monoisotopic (exact) mass is 318 g/mol. The topological polar surface area (TPSA) is 48.8 Å². The Kier molecular flexibility index (Phi) is 3.29. The van der Waals surface area contributed by atoms with E-state index in [0.717, 1.165) is 24.0 Å². The molecule has 2 N–H and O–H groups in total. The molecule has 0 amide bonds. The predicted molar refractivity (Wildman–Crippen MR) is 80.9 cm³/mol. The zero-order valence-electron chi connectivity index (χ0n) is 10.5. The van der Waals surface area contributed by atoms with Crippen LogP contribution in [0.3, 0.4) is 0 Å². The molecular weight excluding hydrogens is 304 g/mol. The molecule has 0 aliphatic heterocycles. The van der Waals surface area contributed by atoms with Crippen molar-refractivity contribution in [3.8, 4) is 0 Å². The number of benzene rings is 1. The van der Waals surface area contributed by atoms with Crippen molar-refractivity contribution in [3.05, 3.63) is 47.2 Å². The van der Waals surface area contributed by atoms with Crippen LogP contribution in [0.4, 0.5) is 5.82 Å². The molecule has 0 saturated heterocycles. The number of aryl methyl sites for hydroxylation is 2. The maximum Gasteiger partial charge on any atom is 0.145 e. The van der Waals surface area contributed by atoms with Gasteiger partial charge in [0.25, 0.3) is 0 Å². The summed E-state index contributed by atoms with van der Waals surface area (Å²) in [6, 6.07) is 10.2. The van der Waals surface area contributed by atoms with E-state index in [0.29, 0.717) is 5.82 Å². The van der Waals surface area contributed by atoms with Crippen molar-refractivity contribution >= 4 is 32.7 Å². The first kappa shape index (κ1) is 12.3. The van der Waals surface area contributed by atoms with Gasteiger partial charge in [0.1, 0.15) is 5.82 Å². The van der Waals surface area contributed by atoms with Crippen LogP contribution in [0.1, 0.15) is 6.42 Å². The highest BCUT2D eigenvalue weighted by Crippen LogP contribution is 2.24. The Bertz CT molecular complexity index is 698. The van der Waals surface area contributed by atoms with Crippen LogP contribution in [0.5, 0.6) is 0 Å². The van der Waals surface area contributed by atoms with Crippen molar-refractivity contribution in [1.29, 1.82) is 0 Å². The second kappa shape index (κ2) is 5.09. The first-order chi connectivity index (χ1) is 9.24. The maximum atomic E-state index is 5.59. The molecule has 0 fully saturated rings. The van der Waals surface area contributed by atoms with Crippen molar-refractivity contribution < 1.29 is 0 Å². The average molecular weight is 319 g/mol. The number of rotatable bonds is 4. The van der Waals surface area contributed by atoms with Crippen LogP contribution in [-0.4, -0.2) is 14.3 Å². The predicted octanol–water partition coefficient (Wildman–Crippen LogP) is 3.27. The normalized spacial score (nSPS) is 11.2. The number of aromatic nitrogens is 3. The summed E-state index contributed by atoms with van der Waals surface area (Å²) in [4.78, 5) is 0. The number of halogens is 1. The molecule has 2 heterocycles. The summed E-state index contributed by atoms with van der Waals surface area (Å²) < 4.78 is 5.30. The van der Waals surface area contributed by atoms with E-state index < -0.39 is 0 Å². The number of anilines is 1. The second-order valence-electron chi connectivity index (χ2n) is 4.54. The molecule has 19 heavy (non-hydrogen) atoms. The van der Waals surface area contributed by atoms with Gasteiger partial charge >= 0.3 is 0 Å². The summed E-state index contributed by atoms with van der Waals surface area (Å²) in [6.45, 7) is 1.85. The fourth-order valence-electron chi connectivity index (χ4n) is 2.29. The van der Waals surface area contributed by atoms with Gasteiger partial charge in [0.2, 0.25) is 0 Å². The van der Waals surface area contributed by atoms with Crippen LogP contribution < -0.4 is 5.73 Å². The molecule has 0 aliphatic rings. The molecule has 1 aromatic carbocycles. The van der Waals surface area contributed by atoms with Gasteiger partial charge in [-0.1, -0.05) is 22.0 Å². The third kappa shape index (κ3) is 2.51. The van der Waals surface area contributed by atoms with Crippen molar-refractivity contribution in [2.45, 2.75) is 19.5 Å². The van der Waals surface area contributed by atoms with E-state index in [9.17, 15) is 0 Å². The van der Waals surface area contributed by atoms with Crippen LogP contribution in [0.25, 0.3) is 10.9 Å². The smallest absolute Gasteiger partial charge is 0.145 e. The molecule has 0 unspecified atom stereocenters. The number of nitrogens with zero attached hydrogens (tertiary/aromatic N) is 3. The Morgan fingerprint density at radius 2 is 2.00 bits per heavy atom. The van der Waals surface area contributed by atoms with Gasteiger partial charge in [-0.05, 0) is 30.7 Å². The van der Waals surface area contributed by atoms with Gasteiger partial charge in [0.15, 0.2) is 0 Å². The summed E-state index contributed by atoms with van der Waals surface area (Å²) in [5, 5.41) is 5.44. The molecule has 3 aromatic rings. The van der Waals surface area contributed by atoms with E-state index in [1.54, 1.807) is 0 Å². The number of fused-ring (bicyclic) bond motifs is 1. The Labute approximate surface area is 119 Å². The highest BCUT2D eigenvalue weighted by molar-refractivity contribution is 9.10. The summed E-state index contributed by atoms with van der Waals surface area (Å²) >= 11 is 3.58. The minimum atomic E-state index is 0.579. The lowest BCUT2D eigenvalue weighted by Crippen LogP contribution is -2.04. The Hall–Kier alpha value is -1.75. The van der Waals surface area contributed by atoms with E-state index in [-0.39, 0.29) is 0 Å². The van der Waals surface area contributed by atoms with Gasteiger partial charge in [-0.25, -0.2) is 0 Å². The fourth-order valence-corrected chi connectivity index (χ4v) is 2.77. The summed E-state index contributed by atoms with van der Waals surface area (Å²) in [6.07, 6.45) is 5.07. The zero-order valence-corrected chi connectivity index (χ0v) is 12.0. The molecule has 0 atom stereocenters. The quantitative estimate of drug-likeness (QED) is 0.802. The van der Waals surface area contributed by atoms with Crippen molar-refractivity contribution in [2.24, 2.45) is 0 Å². The third-order valence-corrected chi connectivity index (χ3v) is 3.90. The first-order valence-electron chi connectivity index (χ1n) is 6.26. The van der Waals surface area contributed by atoms with Crippen LogP contribution in [0.2, 0.25) is 0 Å². The molecule has 0 bridgehead atoms. The van der Waals surface area contributed by atoms with Gasteiger partial charge in [0, 0.05) is 40.9 Å². The lowest BCUT2D eigenvalue weighted by Gasteiger charge is -2.06.